The molecule has 1 heterocycles. The van der Waals surface area contributed by atoms with E-state index in [1.165, 1.54) is 0 Å². The maximum atomic E-state index is 11.9. The lowest BCUT2D eigenvalue weighted by Crippen LogP contribution is -2.42. The summed E-state index contributed by atoms with van der Waals surface area (Å²) >= 11 is 6.06. The van der Waals surface area contributed by atoms with Crippen LogP contribution in [0.4, 0.5) is 5.69 Å². The standard InChI is InChI=1S/C20H32ClN3O3S/c1-15(2)28(25,26)23-14-16-3-6-18(7-4-16)22-9-10-24-11-12-27-20-13-17(21)5-8-19(20)24/h5,8,13,15-16,18,22-23H,3-4,6-7,9-12,14H2,1-2H3. The maximum Gasteiger partial charge on any atom is 0.213 e. The lowest BCUT2D eigenvalue weighted by atomic mass is 9.86. The molecule has 28 heavy (non-hydrogen) atoms. The van der Waals surface area contributed by atoms with Crippen LogP contribution < -0.4 is 19.7 Å². The highest BCUT2D eigenvalue weighted by Crippen LogP contribution is 2.33. The molecule has 0 radical (unpaired) electrons. The van der Waals surface area contributed by atoms with Crippen molar-refractivity contribution < 1.29 is 13.2 Å². The van der Waals surface area contributed by atoms with Crippen LogP contribution in [-0.4, -0.2) is 52.5 Å². The van der Waals surface area contributed by atoms with Gasteiger partial charge in [-0.3, -0.25) is 0 Å². The number of benzene rings is 1. The summed E-state index contributed by atoms with van der Waals surface area (Å²) in [4.78, 5) is 2.34. The Bertz CT molecular complexity index is 749. The number of sulfonamides is 1. The van der Waals surface area contributed by atoms with Crippen LogP contribution >= 0.6 is 11.6 Å². The maximum absolute atomic E-state index is 11.9. The zero-order valence-corrected chi connectivity index (χ0v) is 18.4. The van der Waals surface area contributed by atoms with Gasteiger partial charge in [-0.05, 0) is 57.6 Å². The van der Waals surface area contributed by atoms with E-state index in [1.807, 2.05) is 18.2 Å². The van der Waals surface area contributed by atoms with Gasteiger partial charge in [0.1, 0.15) is 12.4 Å². The summed E-state index contributed by atoms with van der Waals surface area (Å²) in [6.07, 6.45) is 4.33. The fourth-order valence-electron chi connectivity index (χ4n) is 3.86. The van der Waals surface area contributed by atoms with Gasteiger partial charge in [0.25, 0.3) is 0 Å². The van der Waals surface area contributed by atoms with Gasteiger partial charge < -0.3 is 15.0 Å². The van der Waals surface area contributed by atoms with Gasteiger partial charge in [-0.2, -0.15) is 0 Å². The van der Waals surface area contributed by atoms with Crippen molar-refractivity contribution in [1.29, 1.82) is 0 Å². The molecule has 8 heteroatoms. The van der Waals surface area contributed by atoms with Gasteiger partial charge in [0, 0.05) is 36.8 Å². The van der Waals surface area contributed by atoms with Gasteiger partial charge in [-0.1, -0.05) is 11.6 Å². The summed E-state index contributed by atoms with van der Waals surface area (Å²) in [5.41, 5.74) is 1.11. The van der Waals surface area contributed by atoms with Crippen molar-refractivity contribution >= 4 is 27.3 Å². The molecule has 1 aromatic rings. The van der Waals surface area contributed by atoms with E-state index in [4.69, 9.17) is 16.3 Å². The second kappa shape index (κ2) is 9.65. The van der Waals surface area contributed by atoms with Gasteiger partial charge in [-0.15, -0.1) is 0 Å². The third-order valence-electron chi connectivity index (χ3n) is 5.74. The van der Waals surface area contributed by atoms with E-state index < -0.39 is 10.0 Å². The number of rotatable bonds is 8. The topological polar surface area (TPSA) is 70.7 Å². The fourth-order valence-corrected chi connectivity index (χ4v) is 4.82. The zero-order chi connectivity index (χ0) is 20.1. The molecule has 0 amide bonds. The van der Waals surface area contributed by atoms with Crippen LogP contribution in [0, 0.1) is 5.92 Å². The minimum atomic E-state index is -3.15. The highest BCUT2D eigenvalue weighted by atomic mass is 35.5. The SMILES string of the molecule is CC(C)S(=O)(=O)NCC1CCC(NCCN2CCOc3cc(Cl)ccc32)CC1. The van der Waals surface area contributed by atoms with Crippen molar-refractivity contribution in [2.24, 2.45) is 5.92 Å². The van der Waals surface area contributed by atoms with E-state index in [1.54, 1.807) is 13.8 Å². The van der Waals surface area contributed by atoms with Crippen molar-refractivity contribution in [2.75, 3.05) is 37.7 Å². The molecule has 1 aliphatic heterocycles. The fraction of sp³-hybridized carbons (Fsp3) is 0.700. The van der Waals surface area contributed by atoms with Gasteiger partial charge in [0.2, 0.25) is 10.0 Å². The number of nitrogens with one attached hydrogen (secondary N) is 2. The van der Waals surface area contributed by atoms with E-state index in [9.17, 15) is 8.42 Å². The van der Waals surface area contributed by atoms with E-state index in [2.05, 4.69) is 14.9 Å². The Morgan fingerprint density at radius 2 is 2.00 bits per heavy atom. The van der Waals surface area contributed by atoms with Crippen LogP contribution in [0.15, 0.2) is 18.2 Å². The van der Waals surface area contributed by atoms with Gasteiger partial charge in [0.15, 0.2) is 0 Å². The van der Waals surface area contributed by atoms with Crippen molar-refractivity contribution in [2.45, 2.75) is 50.8 Å². The number of hydrogen-bond donors (Lipinski definition) is 2. The first-order chi connectivity index (χ1) is 13.3. The molecule has 0 aromatic heterocycles. The molecule has 0 atom stereocenters. The average molecular weight is 430 g/mol. The number of nitrogens with zero attached hydrogens (tertiary/aromatic N) is 1. The Kier molecular flexibility index (Phi) is 7.48. The lowest BCUT2D eigenvalue weighted by molar-refractivity contribution is 0.288. The summed E-state index contributed by atoms with van der Waals surface area (Å²) in [5, 5.41) is 4.01. The summed E-state index contributed by atoms with van der Waals surface area (Å²) < 4.78 is 32.3. The molecule has 6 nitrogen and oxygen atoms in total. The van der Waals surface area contributed by atoms with Gasteiger partial charge in [0.05, 0.1) is 17.5 Å². The number of anilines is 1. The number of fused-ring (bicyclic) bond motifs is 1. The zero-order valence-electron chi connectivity index (χ0n) is 16.8. The van der Waals surface area contributed by atoms with Gasteiger partial charge in [-0.25, -0.2) is 13.1 Å². The molecule has 158 valence electrons. The van der Waals surface area contributed by atoms with Crippen LogP contribution in [0.3, 0.4) is 0 Å². The van der Waals surface area contributed by atoms with E-state index in [-0.39, 0.29) is 5.25 Å². The van der Waals surface area contributed by atoms with Crippen LogP contribution in [0.5, 0.6) is 5.75 Å². The predicted molar refractivity (Wildman–Crippen MR) is 115 cm³/mol. The predicted octanol–water partition coefficient (Wildman–Crippen LogP) is 3.02. The second-order valence-electron chi connectivity index (χ2n) is 8.06. The number of halogens is 1. The molecule has 1 aliphatic carbocycles. The first-order valence-corrected chi connectivity index (χ1v) is 12.2. The minimum absolute atomic E-state index is 0.369. The molecule has 1 aromatic carbocycles. The Hall–Kier alpha value is -1.02. The van der Waals surface area contributed by atoms with E-state index in [0.717, 1.165) is 56.8 Å². The normalized spacial score (nSPS) is 22.8. The Labute approximate surface area is 174 Å². The molecular weight excluding hydrogens is 398 g/mol. The molecular formula is C20H32ClN3O3S. The van der Waals surface area contributed by atoms with Crippen LogP contribution in [0.25, 0.3) is 0 Å². The van der Waals surface area contributed by atoms with E-state index in [0.29, 0.717) is 30.1 Å². The largest absolute Gasteiger partial charge is 0.490 e. The quantitative estimate of drug-likeness (QED) is 0.664. The molecule has 1 saturated carbocycles. The molecule has 2 aliphatic rings. The van der Waals surface area contributed by atoms with Gasteiger partial charge >= 0.3 is 0 Å². The Morgan fingerprint density at radius 3 is 2.71 bits per heavy atom. The van der Waals surface area contributed by atoms with Crippen LogP contribution in [0.2, 0.25) is 5.02 Å². The van der Waals surface area contributed by atoms with Crippen LogP contribution in [-0.2, 0) is 10.0 Å². The first-order valence-electron chi connectivity index (χ1n) is 10.2. The Balaban J connectivity index is 1.38. The third kappa shape index (κ3) is 5.75. The molecule has 0 unspecified atom stereocenters. The van der Waals surface area contributed by atoms with Crippen molar-refractivity contribution in [3.05, 3.63) is 23.2 Å². The molecule has 0 spiro atoms. The third-order valence-corrected chi connectivity index (χ3v) is 7.78. The van der Waals surface area contributed by atoms with Crippen LogP contribution in [0.1, 0.15) is 39.5 Å². The molecule has 1 fully saturated rings. The molecule has 3 rings (SSSR count). The minimum Gasteiger partial charge on any atom is -0.490 e. The smallest absolute Gasteiger partial charge is 0.213 e. The molecule has 0 bridgehead atoms. The highest BCUT2D eigenvalue weighted by Gasteiger charge is 2.24. The average Bonchev–Trinajstić information content (AvgIpc) is 2.67. The highest BCUT2D eigenvalue weighted by molar-refractivity contribution is 7.90. The van der Waals surface area contributed by atoms with Crippen molar-refractivity contribution in [3.63, 3.8) is 0 Å². The lowest BCUT2D eigenvalue weighted by Gasteiger charge is -2.33. The summed E-state index contributed by atoms with van der Waals surface area (Å²) in [7, 11) is -3.15. The molecule has 0 saturated heterocycles. The number of hydrogen-bond acceptors (Lipinski definition) is 5. The summed E-state index contributed by atoms with van der Waals surface area (Å²) in [6, 6.07) is 6.33. The Morgan fingerprint density at radius 1 is 1.25 bits per heavy atom. The van der Waals surface area contributed by atoms with Crippen molar-refractivity contribution in [1.82, 2.24) is 10.0 Å². The van der Waals surface area contributed by atoms with Crippen molar-refractivity contribution in [3.8, 4) is 5.75 Å². The number of ether oxygens (including phenoxy) is 1. The molecule has 2 N–H and O–H groups in total. The summed E-state index contributed by atoms with van der Waals surface area (Å²) in [6.45, 7) is 7.43. The monoisotopic (exact) mass is 429 g/mol. The second-order valence-corrected chi connectivity index (χ2v) is 10.8. The first kappa shape index (κ1) is 21.7. The van der Waals surface area contributed by atoms with E-state index >= 15 is 0 Å². The summed E-state index contributed by atoms with van der Waals surface area (Å²) in [5.74, 6) is 1.31.